The highest BCUT2D eigenvalue weighted by molar-refractivity contribution is 6.06. The fraction of sp³-hybridized carbons (Fsp3) is 0.259. The molecule has 2 aromatic carbocycles. The standard InChI is InChI=1S/C27H26N2O4/c1-16(2)32-19-7-8-20-21(14-25(30)33-24(20)13-19)27(31)29-11-9-18(10-12-29)22-15-28-23-6-4-5-17(3)26(22)23/h4-9,13-16,28H,10-12H2,1-3H3. The molecule has 0 atom stereocenters. The van der Waals surface area contributed by atoms with E-state index < -0.39 is 5.63 Å². The van der Waals surface area contributed by atoms with Gasteiger partial charge in [0, 0.05) is 53.3 Å². The summed E-state index contributed by atoms with van der Waals surface area (Å²) in [5.74, 6) is 0.431. The smallest absolute Gasteiger partial charge is 0.337 e. The molecule has 4 aromatic rings. The summed E-state index contributed by atoms with van der Waals surface area (Å²) >= 11 is 0. The molecule has 6 heteroatoms. The van der Waals surface area contributed by atoms with Gasteiger partial charge in [0.1, 0.15) is 11.3 Å². The lowest BCUT2D eigenvalue weighted by atomic mass is 9.96. The third-order valence-electron chi connectivity index (χ3n) is 6.07. The van der Waals surface area contributed by atoms with E-state index in [1.54, 1.807) is 23.1 Å². The number of rotatable bonds is 4. The van der Waals surface area contributed by atoms with Crippen LogP contribution >= 0.6 is 0 Å². The van der Waals surface area contributed by atoms with Gasteiger partial charge in [0.25, 0.3) is 5.91 Å². The number of nitrogens with one attached hydrogen (secondary N) is 1. The Morgan fingerprint density at radius 3 is 2.79 bits per heavy atom. The SMILES string of the molecule is Cc1cccc2[nH]cc(C3=CCN(C(=O)c4cc(=O)oc5cc(OC(C)C)ccc45)CC3)c12. The van der Waals surface area contributed by atoms with Crippen molar-refractivity contribution < 1.29 is 13.9 Å². The molecule has 0 saturated heterocycles. The highest BCUT2D eigenvalue weighted by atomic mass is 16.5. The van der Waals surface area contributed by atoms with Gasteiger partial charge in [-0.15, -0.1) is 0 Å². The first-order chi connectivity index (χ1) is 15.9. The lowest BCUT2D eigenvalue weighted by molar-refractivity contribution is 0.0774. The first-order valence-electron chi connectivity index (χ1n) is 11.2. The molecule has 1 aliphatic heterocycles. The van der Waals surface area contributed by atoms with Crippen LogP contribution in [0.5, 0.6) is 5.75 Å². The lowest BCUT2D eigenvalue weighted by Gasteiger charge is -2.27. The van der Waals surface area contributed by atoms with Gasteiger partial charge in [-0.25, -0.2) is 4.79 Å². The van der Waals surface area contributed by atoms with Gasteiger partial charge in [-0.2, -0.15) is 0 Å². The zero-order valence-electron chi connectivity index (χ0n) is 19.0. The molecule has 0 bridgehead atoms. The number of H-pyrrole nitrogens is 1. The van der Waals surface area contributed by atoms with Gasteiger partial charge in [0.05, 0.1) is 11.7 Å². The summed E-state index contributed by atoms with van der Waals surface area (Å²) in [5, 5.41) is 1.84. The summed E-state index contributed by atoms with van der Waals surface area (Å²) in [5.41, 5.74) is 4.93. The van der Waals surface area contributed by atoms with E-state index in [-0.39, 0.29) is 12.0 Å². The Morgan fingerprint density at radius 1 is 1.18 bits per heavy atom. The van der Waals surface area contributed by atoms with Crippen LogP contribution in [0.25, 0.3) is 27.4 Å². The molecule has 5 rings (SSSR count). The fourth-order valence-electron chi connectivity index (χ4n) is 4.55. The topological polar surface area (TPSA) is 75.5 Å². The Kier molecular flexibility index (Phi) is 5.29. The molecule has 2 aromatic heterocycles. The van der Waals surface area contributed by atoms with Crippen molar-refractivity contribution in [3.8, 4) is 5.75 Å². The number of nitrogens with zero attached hydrogens (tertiary/aromatic N) is 1. The van der Waals surface area contributed by atoms with Crippen molar-refractivity contribution in [2.45, 2.75) is 33.3 Å². The van der Waals surface area contributed by atoms with Gasteiger partial charge in [-0.3, -0.25) is 4.79 Å². The number of fused-ring (bicyclic) bond motifs is 2. The van der Waals surface area contributed by atoms with Crippen molar-refractivity contribution in [3.05, 3.63) is 81.8 Å². The summed E-state index contributed by atoms with van der Waals surface area (Å²) in [4.78, 5) is 30.7. The van der Waals surface area contributed by atoms with Crippen LogP contribution in [-0.4, -0.2) is 35.0 Å². The maximum Gasteiger partial charge on any atom is 0.337 e. The van der Waals surface area contributed by atoms with Crippen LogP contribution in [-0.2, 0) is 0 Å². The van der Waals surface area contributed by atoms with Gasteiger partial charge in [-0.1, -0.05) is 18.2 Å². The van der Waals surface area contributed by atoms with Gasteiger partial charge in [-0.05, 0) is 56.5 Å². The van der Waals surface area contributed by atoms with Crippen LogP contribution in [0.2, 0.25) is 0 Å². The number of hydrogen-bond acceptors (Lipinski definition) is 4. The Labute approximate surface area is 191 Å². The molecule has 6 nitrogen and oxygen atoms in total. The molecule has 1 amide bonds. The van der Waals surface area contributed by atoms with E-state index in [4.69, 9.17) is 9.15 Å². The largest absolute Gasteiger partial charge is 0.491 e. The van der Waals surface area contributed by atoms with Gasteiger partial charge >= 0.3 is 5.63 Å². The van der Waals surface area contributed by atoms with E-state index in [1.807, 2.05) is 26.1 Å². The van der Waals surface area contributed by atoms with Crippen molar-refractivity contribution in [2.24, 2.45) is 0 Å². The maximum atomic E-state index is 13.4. The summed E-state index contributed by atoms with van der Waals surface area (Å²) in [6.45, 7) is 7.04. The number of carbonyl (C=O) groups is 1. The Balaban J connectivity index is 1.44. The van der Waals surface area contributed by atoms with Gasteiger partial charge < -0.3 is 19.0 Å². The van der Waals surface area contributed by atoms with Crippen LogP contribution in [0.1, 0.15) is 41.8 Å². The van der Waals surface area contributed by atoms with Crippen molar-refractivity contribution in [3.63, 3.8) is 0 Å². The molecule has 0 unspecified atom stereocenters. The average molecular weight is 443 g/mol. The summed E-state index contributed by atoms with van der Waals surface area (Å²) in [6, 6.07) is 12.8. The summed E-state index contributed by atoms with van der Waals surface area (Å²) < 4.78 is 11.1. The van der Waals surface area contributed by atoms with Crippen molar-refractivity contribution in [2.75, 3.05) is 13.1 Å². The summed E-state index contributed by atoms with van der Waals surface area (Å²) in [7, 11) is 0. The molecule has 1 aliphatic rings. The van der Waals surface area contributed by atoms with Crippen molar-refractivity contribution in [1.29, 1.82) is 0 Å². The number of amides is 1. The van der Waals surface area contributed by atoms with E-state index >= 15 is 0 Å². The normalized spacial score (nSPS) is 14.2. The highest BCUT2D eigenvalue weighted by Crippen LogP contribution is 2.32. The molecular weight excluding hydrogens is 416 g/mol. The number of hydrogen-bond donors (Lipinski definition) is 1. The van der Waals surface area contributed by atoms with E-state index in [1.165, 1.54) is 28.2 Å². The van der Waals surface area contributed by atoms with Crippen LogP contribution in [0.4, 0.5) is 0 Å². The molecule has 0 spiro atoms. The molecule has 33 heavy (non-hydrogen) atoms. The minimum absolute atomic E-state index is 0.00532. The molecule has 0 fully saturated rings. The average Bonchev–Trinajstić information content (AvgIpc) is 3.23. The number of benzene rings is 2. The predicted octanol–water partition coefficient (Wildman–Crippen LogP) is 5.30. The minimum atomic E-state index is -0.546. The quantitative estimate of drug-likeness (QED) is 0.435. The van der Waals surface area contributed by atoms with Gasteiger partial charge in [0.2, 0.25) is 0 Å². The second-order valence-corrected chi connectivity index (χ2v) is 8.73. The highest BCUT2D eigenvalue weighted by Gasteiger charge is 2.23. The minimum Gasteiger partial charge on any atom is -0.491 e. The van der Waals surface area contributed by atoms with Gasteiger partial charge in [0.15, 0.2) is 0 Å². The Bertz CT molecular complexity index is 1460. The molecule has 0 radical (unpaired) electrons. The lowest BCUT2D eigenvalue weighted by Crippen LogP contribution is -2.35. The third kappa shape index (κ3) is 3.93. The first kappa shape index (κ1) is 21.1. The second kappa shape index (κ2) is 8.28. The van der Waals surface area contributed by atoms with E-state index in [9.17, 15) is 9.59 Å². The zero-order chi connectivity index (χ0) is 23.1. The Hall–Kier alpha value is -3.80. The first-order valence-corrected chi connectivity index (χ1v) is 11.2. The van der Waals surface area contributed by atoms with Crippen LogP contribution in [0, 0.1) is 6.92 Å². The molecule has 1 N–H and O–H groups in total. The monoisotopic (exact) mass is 442 g/mol. The van der Waals surface area contributed by atoms with E-state index in [0.29, 0.717) is 35.4 Å². The second-order valence-electron chi connectivity index (χ2n) is 8.73. The zero-order valence-corrected chi connectivity index (χ0v) is 19.0. The predicted molar refractivity (Wildman–Crippen MR) is 130 cm³/mol. The van der Waals surface area contributed by atoms with E-state index in [0.717, 1.165) is 11.9 Å². The maximum absolute atomic E-state index is 13.4. The van der Waals surface area contributed by atoms with Crippen LogP contribution < -0.4 is 10.4 Å². The van der Waals surface area contributed by atoms with Crippen LogP contribution in [0.3, 0.4) is 0 Å². The number of ether oxygens (including phenoxy) is 1. The number of aryl methyl sites for hydroxylation is 1. The van der Waals surface area contributed by atoms with Crippen molar-refractivity contribution in [1.82, 2.24) is 9.88 Å². The molecule has 168 valence electrons. The van der Waals surface area contributed by atoms with Crippen LogP contribution in [0.15, 0.2) is 63.9 Å². The number of carbonyl (C=O) groups excluding carboxylic acids is 1. The number of aromatic amines is 1. The molecular formula is C27H26N2O4. The fourth-order valence-corrected chi connectivity index (χ4v) is 4.55. The Morgan fingerprint density at radius 2 is 2.03 bits per heavy atom. The summed E-state index contributed by atoms with van der Waals surface area (Å²) in [6.07, 6.45) is 4.90. The molecule has 0 saturated carbocycles. The molecule has 3 heterocycles. The van der Waals surface area contributed by atoms with E-state index in [2.05, 4.69) is 30.1 Å². The van der Waals surface area contributed by atoms with Crippen molar-refractivity contribution >= 4 is 33.4 Å². The molecule has 0 aliphatic carbocycles. The number of aromatic nitrogens is 1. The third-order valence-corrected chi connectivity index (χ3v) is 6.07.